The first-order valence-corrected chi connectivity index (χ1v) is 13.0. The Balaban J connectivity index is 0.000000147. The molecule has 0 saturated heterocycles. The number of ether oxygens (including phenoxy) is 2. The molecule has 4 aromatic rings. The molecule has 2 fully saturated rings. The molecular weight excluding hydrogens is 606 g/mol. The molecule has 0 unspecified atom stereocenters. The van der Waals surface area contributed by atoms with Crippen LogP contribution in [0.15, 0.2) is 29.0 Å². The Morgan fingerprint density at radius 3 is 1.87 bits per heavy atom. The smallest absolute Gasteiger partial charge is 0.454 e. The van der Waals surface area contributed by atoms with Gasteiger partial charge in [0.05, 0.1) is 31.1 Å². The number of hydrogen-bond acceptors (Lipinski definition) is 10. The first-order valence-electron chi connectivity index (χ1n) is 11.4. The van der Waals surface area contributed by atoms with Gasteiger partial charge in [-0.05, 0) is 52.6 Å². The van der Waals surface area contributed by atoms with Crippen LogP contribution in [0.4, 0.5) is 0 Å². The van der Waals surface area contributed by atoms with Crippen molar-refractivity contribution in [1.82, 2.24) is 29.2 Å². The Labute approximate surface area is 235 Å². The molecule has 0 amide bonds. The molecule has 0 bridgehead atoms. The minimum absolute atomic E-state index is 0.188. The van der Waals surface area contributed by atoms with Crippen molar-refractivity contribution in [2.45, 2.75) is 37.4 Å². The normalized spacial score (nSPS) is 14.3. The van der Waals surface area contributed by atoms with E-state index in [0.717, 1.165) is 31.2 Å². The van der Waals surface area contributed by atoms with E-state index in [1.54, 1.807) is 16.8 Å². The quantitative estimate of drug-likeness (QED) is 0.253. The van der Waals surface area contributed by atoms with Gasteiger partial charge in [0.25, 0.3) is 0 Å². The third-order valence-electron chi connectivity index (χ3n) is 5.62. The molecule has 4 heterocycles. The molecule has 2 N–H and O–H groups in total. The summed E-state index contributed by atoms with van der Waals surface area (Å²) in [6, 6.07) is 3.42. The second-order valence-electron chi connectivity index (χ2n) is 8.53. The van der Waals surface area contributed by atoms with Crippen LogP contribution in [0.1, 0.15) is 58.1 Å². The van der Waals surface area contributed by atoms with Crippen LogP contribution >= 0.6 is 39.1 Å². The predicted molar refractivity (Wildman–Crippen MR) is 142 cm³/mol. The number of methoxy groups -OCH3 is 2. The van der Waals surface area contributed by atoms with Crippen LogP contribution in [0.2, 0.25) is 16.1 Å². The Morgan fingerprint density at radius 1 is 0.921 bits per heavy atom. The van der Waals surface area contributed by atoms with Crippen molar-refractivity contribution in [3.8, 4) is 0 Å². The van der Waals surface area contributed by atoms with E-state index >= 15 is 0 Å². The van der Waals surface area contributed by atoms with Crippen LogP contribution in [-0.4, -0.2) is 72.5 Å². The molecule has 2 aliphatic carbocycles. The SMILES string of the molecule is COC(=O)c1cn2nc(Cl)cc(Br)c2n1.COC(=O)c1cn2nc(Cl)cc(C3CC3)c2n1.OB(O)C1CC1. The monoisotopic (exact) mass is 626 g/mol. The maximum atomic E-state index is 11.4. The number of aromatic nitrogens is 6. The lowest BCUT2D eigenvalue weighted by molar-refractivity contribution is 0.0586. The van der Waals surface area contributed by atoms with Gasteiger partial charge in [0.1, 0.15) is 5.15 Å². The van der Waals surface area contributed by atoms with E-state index < -0.39 is 19.1 Å². The molecule has 38 heavy (non-hydrogen) atoms. The molecule has 2 saturated carbocycles. The maximum absolute atomic E-state index is 11.4. The summed E-state index contributed by atoms with van der Waals surface area (Å²) in [5, 5.41) is 25.3. The van der Waals surface area contributed by atoms with Crippen LogP contribution < -0.4 is 0 Å². The van der Waals surface area contributed by atoms with Crippen molar-refractivity contribution in [3.63, 3.8) is 0 Å². The van der Waals surface area contributed by atoms with Crippen molar-refractivity contribution in [3.05, 3.63) is 56.3 Å². The first-order chi connectivity index (χ1) is 18.1. The van der Waals surface area contributed by atoms with E-state index in [1.807, 2.05) is 6.07 Å². The number of imidazole rings is 2. The average Bonchev–Trinajstić information content (AvgIpc) is 3.81. The molecule has 0 spiro atoms. The summed E-state index contributed by atoms with van der Waals surface area (Å²) in [7, 11) is 1.58. The molecule has 4 aromatic heterocycles. The van der Waals surface area contributed by atoms with Gasteiger partial charge >= 0.3 is 19.1 Å². The van der Waals surface area contributed by atoms with Crippen molar-refractivity contribution < 1.29 is 29.1 Å². The molecule has 0 atom stereocenters. The lowest BCUT2D eigenvalue weighted by atomic mass is 9.84. The van der Waals surface area contributed by atoms with Gasteiger partial charge in [0, 0.05) is 5.56 Å². The molecule has 16 heteroatoms. The molecule has 0 aliphatic heterocycles. The topological polar surface area (TPSA) is 153 Å². The summed E-state index contributed by atoms with van der Waals surface area (Å²) in [4.78, 5) is 30.9. The highest BCUT2D eigenvalue weighted by atomic mass is 79.9. The zero-order chi connectivity index (χ0) is 27.6. The molecular formula is C22H22BBrCl2N6O6. The fourth-order valence-corrected chi connectivity index (χ4v) is 4.38. The van der Waals surface area contributed by atoms with E-state index in [0.29, 0.717) is 32.0 Å². The summed E-state index contributed by atoms with van der Waals surface area (Å²) in [5.41, 5.74) is 2.70. The second kappa shape index (κ2) is 12.0. The number of esters is 2. The highest BCUT2D eigenvalue weighted by Crippen LogP contribution is 2.42. The fraction of sp³-hybridized carbons (Fsp3) is 0.364. The summed E-state index contributed by atoms with van der Waals surface area (Å²) in [6.07, 6.45) is 7.26. The van der Waals surface area contributed by atoms with Crippen molar-refractivity contribution in [2.75, 3.05) is 14.2 Å². The molecule has 0 aromatic carbocycles. The largest absolute Gasteiger partial charge is 0.464 e. The van der Waals surface area contributed by atoms with E-state index in [-0.39, 0.29) is 17.2 Å². The third-order valence-corrected chi connectivity index (χ3v) is 6.58. The summed E-state index contributed by atoms with van der Waals surface area (Å²) >= 11 is 15.0. The maximum Gasteiger partial charge on any atom is 0.454 e. The third kappa shape index (κ3) is 6.80. The Hall–Kier alpha value is -2.78. The van der Waals surface area contributed by atoms with Crippen molar-refractivity contribution >= 4 is 69.5 Å². The number of hydrogen-bond donors (Lipinski definition) is 2. The van der Waals surface area contributed by atoms with Gasteiger partial charge in [-0.3, -0.25) is 0 Å². The Morgan fingerprint density at radius 2 is 1.42 bits per heavy atom. The van der Waals surface area contributed by atoms with E-state index in [1.165, 1.54) is 24.9 Å². The molecule has 200 valence electrons. The predicted octanol–water partition coefficient (Wildman–Crippen LogP) is 3.60. The fourth-order valence-electron chi connectivity index (χ4n) is 3.37. The number of nitrogens with zero attached hydrogens (tertiary/aromatic N) is 6. The van der Waals surface area contributed by atoms with Gasteiger partial charge in [0.2, 0.25) is 0 Å². The van der Waals surface area contributed by atoms with Gasteiger partial charge in [-0.2, -0.15) is 10.2 Å². The molecule has 6 rings (SSSR count). The van der Waals surface area contributed by atoms with Gasteiger partial charge in [-0.15, -0.1) is 0 Å². The lowest BCUT2D eigenvalue weighted by Gasteiger charge is -2.00. The lowest BCUT2D eigenvalue weighted by Crippen LogP contribution is -2.09. The van der Waals surface area contributed by atoms with Crippen molar-refractivity contribution in [2.24, 2.45) is 0 Å². The average molecular weight is 628 g/mol. The zero-order valence-corrected chi connectivity index (χ0v) is 23.3. The van der Waals surface area contributed by atoms with Crippen LogP contribution in [0.3, 0.4) is 0 Å². The highest BCUT2D eigenvalue weighted by Gasteiger charge is 2.33. The van der Waals surface area contributed by atoms with E-state index in [4.69, 9.17) is 33.2 Å². The van der Waals surface area contributed by atoms with Crippen LogP contribution in [0, 0.1) is 0 Å². The van der Waals surface area contributed by atoms with E-state index in [9.17, 15) is 9.59 Å². The minimum atomic E-state index is -1.04. The van der Waals surface area contributed by atoms with Crippen LogP contribution in [-0.2, 0) is 9.47 Å². The Bertz CT molecular complexity index is 1490. The van der Waals surface area contributed by atoms with E-state index in [2.05, 4.69) is 45.6 Å². The van der Waals surface area contributed by atoms with Crippen LogP contribution in [0.5, 0.6) is 0 Å². The minimum Gasteiger partial charge on any atom is -0.464 e. The first kappa shape index (κ1) is 28.2. The number of carbonyl (C=O) groups excluding carboxylic acids is 2. The second-order valence-corrected chi connectivity index (χ2v) is 10.2. The van der Waals surface area contributed by atoms with Gasteiger partial charge in [0.15, 0.2) is 27.8 Å². The van der Waals surface area contributed by atoms with Gasteiger partial charge in [-0.25, -0.2) is 28.6 Å². The number of carbonyl (C=O) groups is 2. The van der Waals surface area contributed by atoms with Crippen molar-refractivity contribution in [1.29, 1.82) is 0 Å². The summed E-state index contributed by atoms with van der Waals surface area (Å²) in [6.45, 7) is 0. The Kier molecular flexibility index (Phi) is 8.88. The molecule has 0 radical (unpaired) electrons. The van der Waals surface area contributed by atoms with Gasteiger partial charge in [-0.1, -0.05) is 36.0 Å². The number of fused-ring (bicyclic) bond motifs is 2. The highest BCUT2D eigenvalue weighted by molar-refractivity contribution is 9.10. The molecule has 12 nitrogen and oxygen atoms in total. The van der Waals surface area contributed by atoms with Gasteiger partial charge < -0.3 is 19.5 Å². The standard InChI is InChI=1S/C11H10ClN3O2.C8H5BrClN3O2.C3H7BO2/c1-17-11(16)8-5-15-10(13-8)7(6-2-3-6)4-9(12)14-15;1-15-8(14)5-3-13-7(11-5)4(9)2-6(10)12-13;5-4(6)3-1-2-3/h4-6H,2-3H2,1H3;2-3H,1H3;3,5-6H,1-2H2. The zero-order valence-electron chi connectivity index (χ0n) is 20.2. The number of halogens is 3. The summed E-state index contributed by atoms with van der Waals surface area (Å²) < 4.78 is 12.8. The molecule has 2 aliphatic rings. The van der Waals surface area contributed by atoms with Crippen LogP contribution in [0.25, 0.3) is 11.3 Å². The summed E-state index contributed by atoms with van der Waals surface area (Å²) in [5.74, 6) is -0.271. The number of rotatable bonds is 4.